The smallest absolute Gasteiger partial charge is 0.326 e. The summed E-state index contributed by atoms with van der Waals surface area (Å²) < 4.78 is 5.28. The van der Waals surface area contributed by atoms with E-state index in [1.807, 2.05) is 6.92 Å². The van der Waals surface area contributed by atoms with E-state index in [-0.39, 0.29) is 17.9 Å². The molecule has 1 amide bonds. The van der Waals surface area contributed by atoms with Crippen LogP contribution in [0.1, 0.15) is 20.3 Å². The molecule has 3 atom stereocenters. The molecule has 0 radical (unpaired) electrons. The van der Waals surface area contributed by atoms with Crippen LogP contribution in [0.3, 0.4) is 0 Å². The molecular formula is C10H17NO4. The fourth-order valence-corrected chi connectivity index (χ4v) is 1.63. The minimum absolute atomic E-state index is 0.0903. The van der Waals surface area contributed by atoms with E-state index < -0.39 is 12.0 Å². The Labute approximate surface area is 89.0 Å². The molecule has 5 nitrogen and oxygen atoms in total. The highest BCUT2D eigenvalue weighted by Gasteiger charge is 2.33. The van der Waals surface area contributed by atoms with Crippen LogP contribution in [-0.2, 0) is 14.3 Å². The van der Waals surface area contributed by atoms with Gasteiger partial charge in [-0.15, -0.1) is 0 Å². The number of likely N-dealkylation sites (N-methyl/N-ethyl adjacent to an activating group) is 1. The Morgan fingerprint density at radius 1 is 1.53 bits per heavy atom. The van der Waals surface area contributed by atoms with Crippen molar-refractivity contribution in [3.63, 3.8) is 0 Å². The largest absolute Gasteiger partial charge is 0.480 e. The fraction of sp³-hybridized carbons (Fsp3) is 0.800. The molecule has 86 valence electrons. The third-order valence-corrected chi connectivity index (χ3v) is 2.83. The van der Waals surface area contributed by atoms with Crippen LogP contribution in [0, 0.1) is 5.92 Å². The van der Waals surface area contributed by atoms with Crippen LogP contribution in [0.5, 0.6) is 0 Å². The lowest BCUT2D eigenvalue weighted by molar-refractivity contribution is -0.149. The standard InChI is InChI=1S/C10H17NO4/c1-6-4-8(5-15-6)9(12)11(3)7(2)10(13)14/h6-8H,4-5H2,1-3H3,(H,13,14). The maximum atomic E-state index is 11.8. The monoisotopic (exact) mass is 215 g/mol. The second kappa shape index (κ2) is 4.61. The summed E-state index contributed by atoms with van der Waals surface area (Å²) in [6, 6.07) is -0.784. The second-order valence-electron chi connectivity index (χ2n) is 4.04. The number of hydrogen-bond acceptors (Lipinski definition) is 3. The van der Waals surface area contributed by atoms with Crippen LogP contribution < -0.4 is 0 Å². The molecule has 15 heavy (non-hydrogen) atoms. The van der Waals surface area contributed by atoms with Gasteiger partial charge in [-0.1, -0.05) is 0 Å². The molecule has 0 bridgehead atoms. The van der Waals surface area contributed by atoms with Gasteiger partial charge < -0.3 is 14.7 Å². The molecule has 1 aliphatic heterocycles. The fourth-order valence-electron chi connectivity index (χ4n) is 1.63. The van der Waals surface area contributed by atoms with Crippen molar-refractivity contribution in [2.45, 2.75) is 32.4 Å². The van der Waals surface area contributed by atoms with E-state index in [0.717, 1.165) is 0 Å². The van der Waals surface area contributed by atoms with Crippen molar-refractivity contribution in [2.75, 3.05) is 13.7 Å². The number of amides is 1. The molecule has 0 aromatic rings. The molecule has 0 saturated carbocycles. The van der Waals surface area contributed by atoms with Gasteiger partial charge in [-0.05, 0) is 20.3 Å². The maximum Gasteiger partial charge on any atom is 0.326 e. The highest BCUT2D eigenvalue weighted by atomic mass is 16.5. The number of carboxylic acids is 1. The van der Waals surface area contributed by atoms with Crippen LogP contribution >= 0.6 is 0 Å². The third-order valence-electron chi connectivity index (χ3n) is 2.83. The molecule has 1 saturated heterocycles. The maximum absolute atomic E-state index is 11.8. The van der Waals surface area contributed by atoms with Gasteiger partial charge in [0, 0.05) is 7.05 Å². The molecule has 0 spiro atoms. The minimum atomic E-state index is -0.988. The highest BCUT2D eigenvalue weighted by molar-refractivity contribution is 5.84. The number of aliphatic carboxylic acids is 1. The SMILES string of the molecule is CC1CC(C(=O)N(C)C(C)C(=O)O)CO1. The third kappa shape index (κ3) is 2.68. The Morgan fingerprint density at radius 3 is 2.53 bits per heavy atom. The van der Waals surface area contributed by atoms with E-state index >= 15 is 0 Å². The quantitative estimate of drug-likeness (QED) is 0.737. The van der Waals surface area contributed by atoms with E-state index in [0.29, 0.717) is 13.0 Å². The average molecular weight is 215 g/mol. The van der Waals surface area contributed by atoms with Gasteiger partial charge in [0.25, 0.3) is 0 Å². The van der Waals surface area contributed by atoms with Crippen LogP contribution in [0.4, 0.5) is 0 Å². The first-order chi connectivity index (χ1) is 6.93. The van der Waals surface area contributed by atoms with Gasteiger partial charge in [0.05, 0.1) is 18.6 Å². The molecule has 1 N–H and O–H groups in total. The number of hydrogen-bond donors (Lipinski definition) is 1. The van der Waals surface area contributed by atoms with Crippen molar-refractivity contribution >= 4 is 11.9 Å². The van der Waals surface area contributed by atoms with Gasteiger partial charge in [0.2, 0.25) is 5.91 Å². The van der Waals surface area contributed by atoms with E-state index in [1.54, 1.807) is 0 Å². The average Bonchev–Trinajstić information content (AvgIpc) is 2.61. The zero-order valence-corrected chi connectivity index (χ0v) is 9.27. The first-order valence-electron chi connectivity index (χ1n) is 5.04. The molecule has 1 fully saturated rings. The van der Waals surface area contributed by atoms with Crippen LogP contribution in [0.2, 0.25) is 0 Å². The van der Waals surface area contributed by atoms with Gasteiger partial charge in [-0.25, -0.2) is 4.79 Å². The predicted molar refractivity (Wildman–Crippen MR) is 53.4 cm³/mol. The normalized spacial score (nSPS) is 27.4. The Balaban J connectivity index is 2.56. The van der Waals surface area contributed by atoms with Gasteiger partial charge in [0.15, 0.2) is 0 Å². The van der Waals surface area contributed by atoms with Gasteiger partial charge in [0.1, 0.15) is 6.04 Å². The molecule has 3 unspecified atom stereocenters. The lowest BCUT2D eigenvalue weighted by Gasteiger charge is -2.23. The predicted octanol–water partition coefficient (Wildman–Crippen LogP) is 0.343. The summed E-state index contributed by atoms with van der Waals surface area (Å²) in [4.78, 5) is 23.8. The summed E-state index contributed by atoms with van der Waals surface area (Å²) in [5.41, 5.74) is 0. The van der Waals surface area contributed by atoms with Crippen LogP contribution in [0.15, 0.2) is 0 Å². The summed E-state index contributed by atoms with van der Waals surface area (Å²) in [7, 11) is 1.52. The summed E-state index contributed by atoms with van der Waals surface area (Å²) in [6.45, 7) is 3.81. The van der Waals surface area contributed by atoms with Gasteiger partial charge in [-0.3, -0.25) is 4.79 Å². The summed E-state index contributed by atoms with van der Waals surface area (Å²) in [5.74, 6) is -1.32. The lowest BCUT2D eigenvalue weighted by atomic mass is 10.0. The Morgan fingerprint density at radius 2 is 2.13 bits per heavy atom. The minimum Gasteiger partial charge on any atom is -0.480 e. The summed E-state index contributed by atoms with van der Waals surface area (Å²) in [5, 5.41) is 8.77. The van der Waals surface area contributed by atoms with Crippen molar-refractivity contribution in [3.05, 3.63) is 0 Å². The first-order valence-corrected chi connectivity index (χ1v) is 5.04. The molecule has 0 aromatic carbocycles. The molecule has 0 aliphatic carbocycles. The molecule has 1 aliphatic rings. The van der Waals surface area contributed by atoms with E-state index in [2.05, 4.69) is 0 Å². The van der Waals surface area contributed by atoms with Crippen LogP contribution in [0.25, 0.3) is 0 Å². The van der Waals surface area contributed by atoms with Crippen molar-refractivity contribution in [2.24, 2.45) is 5.92 Å². The van der Waals surface area contributed by atoms with E-state index in [9.17, 15) is 9.59 Å². The van der Waals surface area contributed by atoms with Gasteiger partial charge >= 0.3 is 5.97 Å². The number of carbonyl (C=O) groups is 2. The van der Waals surface area contributed by atoms with Crippen molar-refractivity contribution < 1.29 is 19.4 Å². The van der Waals surface area contributed by atoms with Crippen molar-refractivity contribution in [1.82, 2.24) is 4.90 Å². The number of nitrogens with zero attached hydrogens (tertiary/aromatic N) is 1. The molecular weight excluding hydrogens is 198 g/mol. The summed E-state index contributed by atoms with van der Waals surface area (Å²) >= 11 is 0. The topological polar surface area (TPSA) is 66.8 Å². The summed E-state index contributed by atoms with van der Waals surface area (Å²) in [6.07, 6.45) is 0.766. The zero-order valence-electron chi connectivity index (χ0n) is 9.27. The van der Waals surface area contributed by atoms with Gasteiger partial charge in [-0.2, -0.15) is 0 Å². The van der Waals surface area contributed by atoms with E-state index in [1.165, 1.54) is 18.9 Å². The molecule has 0 aromatic heterocycles. The second-order valence-corrected chi connectivity index (χ2v) is 4.04. The number of rotatable bonds is 3. The Kier molecular flexibility index (Phi) is 3.68. The number of ether oxygens (including phenoxy) is 1. The highest BCUT2D eigenvalue weighted by Crippen LogP contribution is 2.21. The number of carbonyl (C=O) groups excluding carboxylic acids is 1. The molecule has 5 heteroatoms. The Bertz CT molecular complexity index is 266. The van der Waals surface area contributed by atoms with Crippen LogP contribution in [-0.4, -0.2) is 47.7 Å². The lowest BCUT2D eigenvalue weighted by Crippen LogP contribution is -2.43. The molecule has 1 heterocycles. The molecule has 1 rings (SSSR count). The van der Waals surface area contributed by atoms with Crippen molar-refractivity contribution in [1.29, 1.82) is 0 Å². The number of carboxylic acid groups (broad SMARTS) is 1. The Hall–Kier alpha value is -1.10. The first kappa shape index (κ1) is 12.0. The van der Waals surface area contributed by atoms with Crippen molar-refractivity contribution in [3.8, 4) is 0 Å². The van der Waals surface area contributed by atoms with E-state index in [4.69, 9.17) is 9.84 Å². The zero-order chi connectivity index (χ0) is 11.6.